The molecule has 0 heterocycles. The largest absolute Gasteiger partial charge is 0.494 e. The van der Waals surface area contributed by atoms with E-state index in [9.17, 15) is 13.6 Å². The van der Waals surface area contributed by atoms with E-state index in [-0.39, 0.29) is 16.6 Å². The van der Waals surface area contributed by atoms with E-state index in [1.807, 2.05) is 6.92 Å². The number of anilines is 1. The second-order valence-electron chi connectivity index (χ2n) is 4.55. The highest BCUT2D eigenvalue weighted by molar-refractivity contribution is 9.10. The molecule has 0 aliphatic heterocycles. The minimum atomic E-state index is -0.701. The fraction of sp³-hybridized carbons (Fsp3) is 0.188. The van der Waals surface area contributed by atoms with Gasteiger partial charge in [-0.05, 0) is 46.6 Å². The van der Waals surface area contributed by atoms with Crippen LogP contribution in [0.5, 0.6) is 5.75 Å². The molecule has 0 aliphatic carbocycles. The molecule has 0 saturated heterocycles. The van der Waals surface area contributed by atoms with Crippen molar-refractivity contribution < 1.29 is 18.3 Å². The van der Waals surface area contributed by atoms with E-state index in [0.29, 0.717) is 12.4 Å². The normalized spacial score (nSPS) is 10.4. The molecule has 2 rings (SSSR count). The number of hydrogen-bond acceptors (Lipinski definition) is 2. The van der Waals surface area contributed by atoms with Crippen LogP contribution >= 0.6 is 15.9 Å². The summed E-state index contributed by atoms with van der Waals surface area (Å²) >= 11 is 2.88. The van der Waals surface area contributed by atoms with Crippen molar-refractivity contribution in [2.45, 2.75) is 13.3 Å². The molecular weight excluding hydrogens is 356 g/mol. The van der Waals surface area contributed by atoms with Crippen LogP contribution in [0.3, 0.4) is 0 Å². The molecule has 22 heavy (non-hydrogen) atoms. The monoisotopic (exact) mass is 369 g/mol. The van der Waals surface area contributed by atoms with Gasteiger partial charge in [0.05, 0.1) is 23.2 Å². The second-order valence-corrected chi connectivity index (χ2v) is 5.40. The highest BCUT2D eigenvalue weighted by Crippen LogP contribution is 2.23. The summed E-state index contributed by atoms with van der Waals surface area (Å²) < 4.78 is 32.3. The Bertz CT molecular complexity index is 675. The lowest BCUT2D eigenvalue weighted by Gasteiger charge is -2.08. The number of ether oxygens (including phenoxy) is 1. The highest BCUT2D eigenvalue weighted by Gasteiger charge is 2.11. The zero-order valence-electron chi connectivity index (χ0n) is 11.8. The van der Waals surface area contributed by atoms with Crippen LogP contribution in [0.1, 0.15) is 12.5 Å². The summed E-state index contributed by atoms with van der Waals surface area (Å²) in [5.74, 6) is -1.05. The van der Waals surface area contributed by atoms with E-state index < -0.39 is 17.5 Å². The lowest BCUT2D eigenvalue weighted by Crippen LogP contribution is -2.15. The van der Waals surface area contributed by atoms with Gasteiger partial charge in [0.2, 0.25) is 5.91 Å². The van der Waals surface area contributed by atoms with Crippen molar-refractivity contribution in [2.75, 3.05) is 11.9 Å². The number of rotatable bonds is 5. The maximum absolute atomic E-state index is 13.6. The highest BCUT2D eigenvalue weighted by atomic mass is 79.9. The van der Waals surface area contributed by atoms with Crippen molar-refractivity contribution >= 4 is 27.5 Å². The van der Waals surface area contributed by atoms with Crippen molar-refractivity contribution in [3.8, 4) is 5.75 Å². The molecule has 0 radical (unpaired) electrons. The molecule has 0 spiro atoms. The van der Waals surface area contributed by atoms with Gasteiger partial charge in [-0.15, -0.1) is 0 Å². The van der Waals surface area contributed by atoms with Gasteiger partial charge >= 0.3 is 0 Å². The molecule has 0 saturated carbocycles. The molecule has 1 amide bonds. The van der Waals surface area contributed by atoms with Gasteiger partial charge in [0, 0.05) is 6.07 Å². The van der Waals surface area contributed by atoms with Crippen LogP contribution in [0.4, 0.5) is 14.5 Å². The average Bonchev–Trinajstić information content (AvgIpc) is 2.47. The Morgan fingerprint density at radius 3 is 2.50 bits per heavy atom. The molecule has 0 bridgehead atoms. The Balaban J connectivity index is 2.02. The maximum atomic E-state index is 13.6. The van der Waals surface area contributed by atoms with Gasteiger partial charge < -0.3 is 10.1 Å². The number of hydrogen-bond donors (Lipinski definition) is 1. The molecule has 0 aromatic heterocycles. The Hall–Kier alpha value is -1.95. The predicted octanol–water partition coefficient (Wildman–Crippen LogP) is 4.31. The van der Waals surface area contributed by atoms with Crippen molar-refractivity contribution in [2.24, 2.45) is 0 Å². The van der Waals surface area contributed by atoms with Crippen LogP contribution in [0, 0.1) is 11.6 Å². The first-order valence-electron chi connectivity index (χ1n) is 6.65. The molecule has 2 aromatic rings. The summed E-state index contributed by atoms with van der Waals surface area (Å²) in [6, 6.07) is 8.93. The molecular formula is C16H14BrF2NO2. The molecule has 0 unspecified atom stereocenters. The molecule has 6 heteroatoms. The third-order valence-electron chi connectivity index (χ3n) is 2.88. The van der Waals surface area contributed by atoms with E-state index in [0.717, 1.165) is 17.7 Å². The van der Waals surface area contributed by atoms with E-state index in [2.05, 4.69) is 21.2 Å². The second kappa shape index (κ2) is 7.35. The van der Waals surface area contributed by atoms with Gasteiger partial charge in [-0.3, -0.25) is 4.79 Å². The van der Waals surface area contributed by atoms with Crippen molar-refractivity contribution in [3.63, 3.8) is 0 Å². The lowest BCUT2D eigenvalue weighted by atomic mass is 10.1. The van der Waals surface area contributed by atoms with E-state index >= 15 is 0 Å². The number of carbonyl (C=O) groups excluding carboxylic acids is 1. The summed E-state index contributed by atoms with van der Waals surface area (Å²) in [5, 5.41) is 2.36. The Kier molecular flexibility index (Phi) is 5.49. The minimum Gasteiger partial charge on any atom is -0.494 e. The third-order valence-corrected chi connectivity index (χ3v) is 3.49. The third kappa shape index (κ3) is 4.27. The lowest BCUT2D eigenvalue weighted by molar-refractivity contribution is -0.115. The van der Waals surface area contributed by atoms with Gasteiger partial charge in [0.25, 0.3) is 0 Å². The molecule has 0 atom stereocenters. The average molecular weight is 370 g/mol. The summed E-state index contributed by atoms with van der Waals surface area (Å²) in [4.78, 5) is 11.9. The summed E-state index contributed by atoms with van der Waals surface area (Å²) in [6.07, 6.45) is 0.0591. The molecule has 3 nitrogen and oxygen atoms in total. The number of halogens is 3. The Labute approximate surface area is 135 Å². The first kappa shape index (κ1) is 16.4. The number of benzene rings is 2. The van der Waals surface area contributed by atoms with Crippen LogP contribution in [0.25, 0.3) is 0 Å². The van der Waals surface area contributed by atoms with E-state index in [1.54, 1.807) is 24.3 Å². The summed E-state index contributed by atoms with van der Waals surface area (Å²) in [7, 11) is 0. The summed E-state index contributed by atoms with van der Waals surface area (Å²) in [6.45, 7) is 2.45. The predicted molar refractivity (Wildman–Crippen MR) is 84.0 cm³/mol. The fourth-order valence-corrected chi connectivity index (χ4v) is 2.18. The van der Waals surface area contributed by atoms with Crippen LogP contribution < -0.4 is 10.1 Å². The van der Waals surface area contributed by atoms with Crippen LogP contribution in [-0.4, -0.2) is 12.5 Å². The Morgan fingerprint density at radius 1 is 1.18 bits per heavy atom. The van der Waals surface area contributed by atoms with E-state index in [4.69, 9.17) is 4.74 Å². The van der Waals surface area contributed by atoms with Crippen LogP contribution in [0.15, 0.2) is 40.9 Å². The first-order chi connectivity index (χ1) is 10.5. The first-order valence-corrected chi connectivity index (χ1v) is 7.45. The standard InChI is InChI=1S/C16H14BrF2NO2/c1-2-22-11-5-3-10(4-6-11)7-16(21)20-15-9-13(18)12(17)8-14(15)19/h3-6,8-9H,2,7H2,1H3,(H,20,21). The molecule has 1 N–H and O–H groups in total. The minimum absolute atomic E-state index is 0.00881. The molecule has 0 fully saturated rings. The molecule has 0 aliphatic rings. The van der Waals surface area contributed by atoms with Gasteiger partial charge in [-0.2, -0.15) is 0 Å². The zero-order valence-corrected chi connectivity index (χ0v) is 13.4. The smallest absolute Gasteiger partial charge is 0.228 e. The SMILES string of the molecule is CCOc1ccc(CC(=O)Nc2cc(F)c(Br)cc2F)cc1. The maximum Gasteiger partial charge on any atom is 0.228 e. The van der Waals surface area contributed by atoms with Crippen molar-refractivity contribution in [1.29, 1.82) is 0 Å². The quantitative estimate of drug-likeness (QED) is 0.797. The van der Waals surface area contributed by atoms with Gasteiger partial charge in [0.15, 0.2) is 0 Å². The summed E-state index contributed by atoms with van der Waals surface area (Å²) in [5.41, 5.74) is 0.565. The van der Waals surface area contributed by atoms with Gasteiger partial charge in [-0.25, -0.2) is 8.78 Å². The van der Waals surface area contributed by atoms with Gasteiger partial charge in [0.1, 0.15) is 17.4 Å². The topological polar surface area (TPSA) is 38.3 Å². The zero-order chi connectivity index (χ0) is 16.1. The number of nitrogens with one attached hydrogen (secondary N) is 1. The van der Waals surface area contributed by atoms with E-state index in [1.165, 1.54) is 0 Å². The molecule has 116 valence electrons. The van der Waals surface area contributed by atoms with Crippen LogP contribution in [-0.2, 0) is 11.2 Å². The Morgan fingerprint density at radius 2 is 1.86 bits per heavy atom. The fourth-order valence-electron chi connectivity index (χ4n) is 1.87. The van der Waals surface area contributed by atoms with Crippen molar-refractivity contribution in [1.82, 2.24) is 0 Å². The van der Waals surface area contributed by atoms with Crippen LogP contribution in [0.2, 0.25) is 0 Å². The number of carbonyl (C=O) groups is 1. The van der Waals surface area contributed by atoms with Crippen molar-refractivity contribution in [3.05, 3.63) is 58.1 Å². The van der Waals surface area contributed by atoms with Gasteiger partial charge in [-0.1, -0.05) is 12.1 Å². The molecule has 2 aromatic carbocycles. The number of amides is 1.